The van der Waals surface area contributed by atoms with Gasteiger partial charge in [0.2, 0.25) is 0 Å². The van der Waals surface area contributed by atoms with E-state index < -0.39 is 16.1 Å². The van der Waals surface area contributed by atoms with Crippen molar-refractivity contribution in [1.82, 2.24) is 9.34 Å². The first-order chi connectivity index (χ1) is 17.9. The first-order valence-electron chi connectivity index (χ1n) is 13.2. The van der Waals surface area contributed by atoms with Crippen molar-refractivity contribution in [3.8, 4) is 0 Å². The molecule has 5 rings (SSSR count). The van der Waals surface area contributed by atoms with Crippen LogP contribution in [0, 0.1) is 0 Å². The molecule has 184 valence electrons. The fourth-order valence-electron chi connectivity index (χ4n) is 4.99. The molecule has 1 fully saturated rings. The molecule has 0 spiro atoms. The van der Waals surface area contributed by atoms with Gasteiger partial charge in [-0.15, -0.1) is 0 Å². The summed E-state index contributed by atoms with van der Waals surface area (Å²) >= 11 is 0. The quantitative estimate of drug-likeness (QED) is 0.174. The van der Waals surface area contributed by atoms with E-state index in [4.69, 9.17) is 0 Å². The maximum atomic E-state index is 2.88. The molecule has 0 radical (unpaired) electrons. The zero-order chi connectivity index (χ0) is 24.4. The summed E-state index contributed by atoms with van der Waals surface area (Å²) in [4.78, 5) is 2.65. The van der Waals surface area contributed by atoms with Crippen molar-refractivity contribution >= 4 is 37.4 Å². The van der Waals surface area contributed by atoms with E-state index in [1.807, 2.05) is 0 Å². The van der Waals surface area contributed by atoms with Crippen LogP contribution in [-0.4, -0.2) is 35.5 Å². The lowest BCUT2D eigenvalue weighted by Gasteiger charge is -2.39. The van der Waals surface area contributed by atoms with Crippen molar-refractivity contribution in [3.05, 3.63) is 121 Å². The van der Waals surface area contributed by atoms with Gasteiger partial charge in [0.05, 0.1) is 0 Å². The van der Waals surface area contributed by atoms with E-state index >= 15 is 0 Å². The number of benzene rings is 4. The Kier molecular flexibility index (Phi) is 9.33. The van der Waals surface area contributed by atoms with Gasteiger partial charge in [-0.2, -0.15) is 0 Å². The first kappa shape index (κ1) is 25.3. The molecule has 4 aromatic rings. The second kappa shape index (κ2) is 13.3. The largest absolute Gasteiger partial charge is 0.303 e. The van der Waals surface area contributed by atoms with Gasteiger partial charge in [-0.1, -0.05) is 121 Å². The molecule has 0 bridgehead atoms. The highest BCUT2D eigenvalue weighted by molar-refractivity contribution is 7.84. The molecule has 0 amide bonds. The predicted octanol–water partition coefficient (Wildman–Crippen LogP) is 6.26. The van der Waals surface area contributed by atoms with Crippen LogP contribution in [0.5, 0.6) is 0 Å². The number of nitrogens with zero attached hydrogens (tertiary/aromatic N) is 2. The second-order valence-electron chi connectivity index (χ2n) is 9.32. The van der Waals surface area contributed by atoms with E-state index in [1.54, 1.807) is 0 Å². The van der Waals surface area contributed by atoms with Crippen molar-refractivity contribution in [3.63, 3.8) is 0 Å². The molecule has 4 aromatic carbocycles. The highest BCUT2D eigenvalue weighted by Crippen LogP contribution is 2.54. The Hall–Kier alpha value is -2.34. The summed E-state index contributed by atoms with van der Waals surface area (Å²) in [6.45, 7) is 4.90. The Bertz CT molecular complexity index is 988. The van der Waals surface area contributed by atoms with E-state index in [-0.39, 0.29) is 0 Å². The van der Waals surface area contributed by atoms with Crippen LogP contribution in [0.1, 0.15) is 25.7 Å². The summed E-state index contributed by atoms with van der Waals surface area (Å²) in [5.74, 6) is 0. The average molecular weight is 511 g/mol. The zero-order valence-corrected chi connectivity index (χ0v) is 22.8. The lowest BCUT2D eigenvalue weighted by Crippen LogP contribution is -2.32. The van der Waals surface area contributed by atoms with Crippen LogP contribution >= 0.6 is 16.1 Å². The number of hydrogen-bond acceptors (Lipinski definition) is 2. The maximum Gasteiger partial charge on any atom is 0.0323 e. The van der Waals surface area contributed by atoms with Gasteiger partial charge in [-0.25, -0.2) is 4.44 Å². The van der Waals surface area contributed by atoms with Gasteiger partial charge in [0, 0.05) is 22.7 Å². The molecule has 1 heterocycles. The van der Waals surface area contributed by atoms with E-state index in [0.29, 0.717) is 0 Å². The third-order valence-electron chi connectivity index (χ3n) is 6.75. The van der Waals surface area contributed by atoms with Crippen molar-refractivity contribution in [1.29, 1.82) is 0 Å². The SMILES string of the molecule is c1ccc(P(c2ccccc2)N(CCCCN2CCCC2)P(c2ccccc2)c2ccccc2)cc1. The van der Waals surface area contributed by atoms with E-state index in [1.165, 1.54) is 66.5 Å². The molecule has 2 nitrogen and oxygen atoms in total. The molecule has 0 N–H and O–H groups in total. The summed E-state index contributed by atoms with van der Waals surface area (Å²) in [6, 6.07) is 44.8. The molecule has 0 saturated carbocycles. The Morgan fingerprint density at radius 2 is 0.861 bits per heavy atom. The molecule has 0 aliphatic carbocycles. The van der Waals surface area contributed by atoms with E-state index in [9.17, 15) is 0 Å². The summed E-state index contributed by atoms with van der Waals surface area (Å²) in [7, 11) is -1.36. The summed E-state index contributed by atoms with van der Waals surface area (Å²) in [6.07, 6.45) is 5.21. The fourth-order valence-corrected chi connectivity index (χ4v) is 11.1. The maximum absolute atomic E-state index is 2.88. The normalized spacial score (nSPS) is 14.2. The Balaban J connectivity index is 1.55. The van der Waals surface area contributed by atoms with E-state index in [2.05, 4.69) is 131 Å². The molecule has 0 aromatic heterocycles. The van der Waals surface area contributed by atoms with Crippen LogP contribution in [0.15, 0.2) is 121 Å². The first-order valence-corrected chi connectivity index (χ1v) is 15.8. The van der Waals surface area contributed by atoms with Gasteiger partial charge in [-0.05, 0) is 66.5 Å². The fraction of sp³-hybridized carbons (Fsp3) is 0.250. The van der Waals surface area contributed by atoms with Crippen molar-refractivity contribution < 1.29 is 0 Å². The molecular weight excluding hydrogens is 474 g/mol. The molecule has 0 unspecified atom stereocenters. The minimum atomic E-state index is -0.679. The van der Waals surface area contributed by atoms with Crippen LogP contribution in [0.25, 0.3) is 0 Å². The Morgan fingerprint density at radius 1 is 0.500 bits per heavy atom. The molecule has 0 atom stereocenters. The molecule has 1 aliphatic heterocycles. The minimum Gasteiger partial charge on any atom is -0.303 e. The van der Waals surface area contributed by atoms with Crippen molar-refractivity contribution in [2.75, 3.05) is 26.2 Å². The number of hydrogen-bond donors (Lipinski definition) is 0. The van der Waals surface area contributed by atoms with Crippen LogP contribution in [0.2, 0.25) is 0 Å². The van der Waals surface area contributed by atoms with Crippen molar-refractivity contribution in [2.45, 2.75) is 25.7 Å². The lowest BCUT2D eigenvalue weighted by molar-refractivity contribution is 0.328. The van der Waals surface area contributed by atoms with Gasteiger partial charge in [0.1, 0.15) is 0 Å². The summed E-state index contributed by atoms with van der Waals surface area (Å²) in [5.41, 5.74) is 0. The Morgan fingerprint density at radius 3 is 1.22 bits per heavy atom. The molecule has 36 heavy (non-hydrogen) atoms. The van der Waals surface area contributed by atoms with Gasteiger partial charge in [0.25, 0.3) is 0 Å². The number of rotatable bonds is 11. The lowest BCUT2D eigenvalue weighted by atomic mass is 10.3. The molecular formula is C32H36N2P2. The number of likely N-dealkylation sites (tertiary alicyclic amines) is 1. The minimum absolute atomic E-state index is 0.679. The molecule has 1 aliphatic rings. The highest BCUT2D eigenvalue weighted by Gasteiger charge is 2.31. The smallest absolute Gasteiger partial charge is 0.0323 e. The van der Waals surface area contributed by atoms with Crippen LogP contribution in [0.4, 0.5) is 0 Å². The zero-order valence-electron chi connectivity index (χ0n) is 21.0. The second-order valence-corrected chi connectivity index (χ2v) is 13.9. The molecule has 1 saturated heterocycles. The third kappa shape index (κ3) is 6.50. The van der Waals surface area contributed by atoms with Gasteiger partial charge < -0.3 is 4.90 Å². The number of unbranched alkanes of at least 4 members (excludes halogenated alkanes) is 1. The van der Waals surface area contributed by atoms with E-state index in [0.717, 1.165) is 6.54 Å². The van der Waals surface area contributed by atoms with Crippen molar-refractivity contribution in [2.24, 2.45) is 0 Å². The highest BCUT2D eigenvalue weighted by atomic mass is 31.2. The topological polar surface area (TPSA) is 6.48 Å². The third-order valence-corrected chi connectivity index (χ3v) is 12.3. The standard InChI is InChI=1S/C32H36N2P2/c1-5-17-29(18-6-1)35(30-19-7-2-8-20-30)34(28-16-15-27-33-25-13-14-26-33)36(31-21-9-3-10-22-31)32-23-11-4-12-24-32/h1-12,17-24H,13-16,25-28H2. The van der Waals surface area contributed by atoms with Crippen LogP contribution < -0.4 is 21.2 Å². The van der Waals surface area contributed by atoms with Gasteiger partial charge in [0.15, 0.2) is 0 Å². The van der Waals surface area contributed by atoms with Gasteiger partial charge >= 0.3 is 0 Å². The van der Waals surface area contributed by atoms with Crippen LogP contribution in [-0.2, 0) is 0 Å². The summed E-state index contributed by atoms with van der Waals surface area (Å²) < 4.78 is 2.88. The average Bonchev–Trinajstić information content (AvgIpc) is 3.47. The molecule has 4 heteroatoms. The monoisotopic (exact) mass is 510 g/mol. The van der Waals surface area contributed by atoms with Crippen LogP contribution in [0.3, 0.4) is 0 Å². The predicted molar refractivity (Wildman–Crippen MR) is 160 cm³/mol. The Labute approximate surface area is 219 Å². The summed E-state index contributed by atoms with van der Waals surface area (Å²) in [5, 5.41) is 5.71. The van der Waals surface area contributed by atoms with Gasteiger partial charge in [-0.3, -0.25) is 0 Å².